The molecule has 0 saturated carbocycles. The molecule has 1 unspecified atom stereocenters. The number of nitrogens with one attached hydrogen (secondary N) is 1. The van der Waals surface area contributed by atoms with Crippen molar-refractivity contribution in [2.45, 2.75) is 26.3 Å². The van der Waals surface area contributed by atoms with E-state index >= 15 is 0 Å². The maximum absolute atomic E-state index is 9.09. The average Bonchev–Trinajstić information content (AvgIpc) is 2.82. The molecular formula is C15H16N2S. The van der Waals surface area contributed by atoms with Gasteiger partial charge in [-0.3, -0.25) is 0 Å². The van der Waals surface area contributed by atoms with Gasteiger partial charge in [0.15, 0.2) is 0 Å². The Morgan fingerprint density at radius 1 is 1.39 bits per heavy atom. The standard InChI is InChI=1S/C15H16N2S/c1-11-3-4-14(9-16)15(7-11)17-12(2)8-13-5-6-18-10-13/h3-7,10,12,17H,8H2,1-2H3. The van der Waals surface area contributed by atoms with E-state index in [2.05, 4.69) is 35.1 Å². The lowest BCUT2D eigenvalue weighted by atomic mass is 10.1. The molecule has 0 fully saturated rings. The van der Waals surface area contributed by atoms with Crippen LogP contribution in [0.1, 0.15) is 23.6 Å². The summed E-state index contributed by atoms with van der Waals surface area (Å²) in [4.78, 5) is 0. The lowest BCUT2D eigenvalue weighted by Gasteiger charge is -2.16. The largest absolute Gasteiger partial charge is 0.381 e. The van der Waals surface area contributed by atoms with Gasteiger partial charge in [0.25, 0.3) is 0 Å². The van der Waals surface area contributed by atoms with Crippen molar-refractivity contribution in [3.8, 4) is 6.07 Å². The van der Waals surface area contributed by atoms with Crippen LogP contribution in [-0.2, 0) is 6.42 Å². The van der Waals surface area contributed by atoms with E-state index in [-0.39, 0.29) is 0 Å². The van der Waals surface area contributed by atoms with E-state index in [9.17, 15) is 0 Å². The minimum Gasteiger partial charge on any atom is -0.381 e. The van der Waals surface area contributed by atoms with Crippen molar-refractivity contribution in [3.63, 3.8) is 0 Å². The number of benzene rings is 1. The fraction of sp³-hybridized carbons (Fsp3) is 0.267. The van der Waals surface area contributed by atoms with Crippen LogP contribution < -0.4 is 5.32 Å². The Bertz CT molecular complexity index is 552. The van der Waals surface area contributed by atoms with Crippen LogP contribution in [-0.4, -0.2) is 6.04 Å². The Hall–Kier alpha value is -1.79. The van der Waals surface area contributed by atoms with Crippen LogP contribution in [0.3, 0.4) is 0 Å². The Morgan fingerprint density at radius 2 is 2.22 bits per heavy atom. The molecule has 1 aromatic heterocycles. The maximum atomic E-state index is 9.09. The quantitative estimate of drug-likeness (QED) is 0.898. The van der Waals surface area contributed by atoms with E-state index < -0.39 is 0 Å². The van der Waals surface area contributed by atoms with Crippen LogP contribution in [0.5, 0.6) is 0 Å². The molecule has 0 bridgehead atoms. The molecule has 92 valence electrons. The summed E-state index contributed by atoms with van der Waals surface area (Å²) < 4.78 is 0. The molecule has 0 aliphatic rings. The second-order valence-corrected chi connectivity index (χ2v) is 5.32. The van der Waals surface area contributed by atoms with E-state index in [1.807, 2.05) is 25.1 Å². The number of hydrogen-bond acceptors (Lipinski definition) is 3. The SMILES string of the molecule is Cc1ccc(C#N)c(NC(C)Cc2ccsc2)c1. The third-order valence-electron chi connectivity index (χ3n) is 2.82. The summed E-state index contributed by atoms with van der Waals surface area (Å²) >= 11 is 1.72. The van der Waals surface area contributed by atoms with Gasteiger partial charge in [-0.05, 0) is 60.4 Å². The van der Waals surface area contributed by atoms with Crippen molar-refractivity contribution in [3.05, 3.63) is 51.7 Å². The normalized spacial score (nSPS) is 11.8. The maximum Gasteiger partial charge on any atom is 0.101 e. The molecule has 18 heavy (non-hydrogen) atoms. The van der Waals surface area contributed by atoms with Crippen LogP contribution in [0, 0.1) is 18.3 Å². The summed E-state index contributed by atoms with van der Waals surface area (Å²) in [7, 11) is 0. The van der Waals surface area contributed by atoms with E-state index in [1.165, 1.54) is 11.1 Å². The lowest BCUT2D eigenvalue weighted by molar-refractivity contribution is 0.792. The van der Waals surface area contributed by atoms with Crippen LogP contribution in [0.15, 0.2) is 35.0 Å². The lowest BCUT2D eigenvalue weighted by Crippen LogP contribution is -2.18. The third-order valence-corrected chi connectivity index (χ3v) is 3.55. The first-order valence-corrected chi connectivity index (χ1v) is 6.91. The average molecular weight is 256 g/mol. The number of rotatable bonds is 4. The molecule has 3 heteroatoms. The molecule has 0 saturated heterocycles. The monoisotopic (exact) mass is 256 g/mol. The fourth-order valence-electron chi connectivity index (χ4n) is 1.95. The fourth-order valence-corrected chi connectivity index (χ4v) is 2.64. The minimum absolute atomic E-state index is 0.313. The predicted octanol–water partition coefficient (Wildman–Crippen LogP) is 3.97. The number of aryl methyl sites for hydroxylation is 1. The Morgan fingerprint density at radius 3 is 2.89 bits per heavy atom. The van der Waals surface area contributed by atoms with Crippen molar-refractivity contribution < 1.29 is 0 Å². The molecule has 0 radical (unpaired) electrons. The predicted molar refractivity (Wildman–Crippen MR) is 77.0 cm³/mol. The molecule has 1 atom stereocenters. The van der Waals surface area contributed by atoms with Gasteiger partial charge in [-0.2, -0.15) is 16.6 Å². The van der Waals surface area contributed by atoms with Crippen molar-refractivity contribution in [1.82, 2.24) is 0 Å². The summed E-state index contributed by atoms with van der Waals surface area (Å²) in [6.45, 7) is 4.18. The van der Waals surface area contributed by atoms with E-state index in [4.69, 9.17) is 5.26 Å². The zero-order chi connectivity index (χ0) is 13.0. The molecule has 0 aliphatic carbocycles. The van der Waals surface area contributed by atoms with Gasteiger partial charge in [-0.1, -0.05) is 6.07 Å². The van der Waals surface area contributed by atoms with Gasteiger partial charge >= 0.3 is 0 Å². The molecule has 1 N–H and O–H groups in total. The molecule has 2 aromatic rings. The number of nitriles is 1. The summed E-state index contributed by atoms with van der Waals surface area (Å²) in [6, 6.07) is 10.5. The summed E-state index contributed by atoms with van der Waals surface area (Å²) in [5.74, 6) is 0. The first-order valence-electron chi connectivity index (χ1n) is 5.97. The van der Waals surface area contributed by atoms with Crippen LogP contribution in [0.4, 0.5) is 5.69 Å². The first kappa shape index (κ1) is 12.7. The zero-order valence-corrected chi connectivity index (χ0v) is 11.4. The van der Waals surface area contributed by atoms with Gasteiger partial charge in [-0.25, -0.2) is 0 Å². The Balaban J connectivity index is 2.09. The van der Waals surface area contributed by atoms with Gasteiger partial charge in [0.05, 0.1) is 11.3 Å². The van der Waals surface area contributed by atoms with Gasteiger partial charge in [0, 0.05) is 6.04 Å². The van der Waals surface area contributed by atoms with Crippen LogP contribution in [0.2, 0.25) is 0 Å². The van der Waals surface area contributed by atoms with E-state index in [0.29, 0.717) is 11.6 Å². The summed E-state index contributed by atoms with van der Waals surface area (Å²) in [6.07, 6.45) is 0.975. The smallest absolute Gasteiger partial charge is 0.101 e. The minimum atomic E-state index is 0.313. The highest BCUT2D eigenvalue weighted by Gasteiger charge is 2.07. The molecule has 1 heterocycles. The van der Waals surface area contributed by atoms with Crippen LogP contribution >= 0.6 is 11.3 Å². The van der Waals surface area contributed by atoms with E-state index in [0.717, 1.165) is 12.1 Å². The van der Waals surface area contributed by atoms with Gasteiger partial charge < -0.3 is 5.32 Å². The second-order valence-electron chi connectivity index (χ2n) is 4.54. The second kappa shape index (κ2) is 5.70. The van der Waals surface area contributed by atoms with Gasteiger partial charge in [0.2, 0.25) is 0 Å². The highest BCUT2D eigenvalue weighted by Crippen LogP contribution is 2.19. The molecule has 0 aliphatic heterocycles. The number of anilines is 1. The van der Waals surface area contributed by atoms with Crippen molar-refractivity contribution in [2.24, 2.45) is 0 Å². The van der Waals surface area contributed by atoms with Crippen molar-refractivity contribution >= 4 is 17.0 Å². The molecule has 2 nitrogen and oxygen atoms in total. The van der Waals surface area contributed by atoms with Crippen molar-refractivity contribution in [2.75, 3.05) is 5.32 Å². The Labute approximate surface area is 112 Å². The highest BCUT2D eigenvalue weighted by atomic mass is 32.1. The topological polar surface area (TPSA) is 35.8 Å². The highest BCUT2D eigenvalue weighted by molar-refractivity contribution is 7.07. The molecule has 0 amide bonds. The third kappa shape index (κ3) is 3.12. The summed E-state index contributed by atoms with van der Waals surface area (Å²) in [5.41, 5.74) is 4.14. The van der Waals surface area contributed by atoms with Crippen LogP contribution in [0.25, 0.3) is 0 Å². The molecule has 1 aromatic carbocycles. The molecule has 2 rings (SSSR count). The first-order chi connectivity index (χ1) is 8.69. The molecular weight excluding hydrogens is 240 g/mol. The van der Waals surface area contributed by atoms with Gasteiger partial charge in [-0.15, -0.1) is 0 Å². The number of nitrogens with zero attached hydrogens (tertiary/aromatic N) is 1. The molecule has 0 spiro atoms. The number of thiophene rings is 1. The number of hydrogen-bond donors (Lipinski definition) is 1. The Kier molecular flexibility index (Phi) is 4.01. The van der Waals surface area contributed by atoms with E-state index in [1.54, 1.807) is 11.3 Å². The van der Waals surface area contributed by atoms with Gasteiger partial charge in [0.1, 0.15) is 6.07 Å². The zero-order valence-electron chi connectivity index (χ0n) is 10.6. The summed E-state index contributed by atoms with van der Waals surface area (Å²) in [5, 5.41) is 16.8. The van der Waals surface area contributed by atoms with Crippen molar-refractivity contribution in [1.29, 1.82) is 5.26 Å².